The van der Waals surface area contributed by atoms with Crippen LogP contribution < -0.4 is 22.1 Å². The van der Waals surface area contributed by atoms with Crippen LogP contribution >= 0.6 is 0 Å². The van der Waals surface area contributed by atoms with Gasteiger partial charge in [-0.25, -0.2) is 0 Å². The molecule has 1 aromatic carbocycles. The predicted octanol–water partition coefficient (Wildman–Crippen LogP) is 3.93. The van der Waals surface area contributed by atoms with Crippen LogP contribution in [0.25, 0.3) is 0 Å². The van der Waals surface area contributed by atoms with Crippen molar-refractivity contribution < 1.29 is 14.4 Å². The molecule has 0 bridgehead atoms. The van der Waals surface area contributed by atoms with Gasteiger partial charge >= 0.3 is 0 Å². The van der Waals surface area contributed by atoms with Crippen LogP contribution in [-0.4, -0.2) is 42.8 Å². The SMILES string of the molecule is CC(=O)CC(C)(C)c1cc(C(=O)NCC(C)(C)CC(C)N)cc(C(=O)NCC(C)(C)CC(C)N)c1. The standard InChI is InChI=1S/C28H48N4O3/c1-18(29)13-26(4,5)16-31-24(34)21-10-22(12-23(11-21)28(8,9)15-20(3)33)25(35)32-17-27(6,7)14-19(2)30/h10-12,18-19H,13-17,29-30H2,1-9H3,(H,31,34)(H,32,35). The smallest absolute Gasteiger partial charge is 0.251 e. The lowest BCUT2D eigenvalue weighted by Gasteiger charge is -2.28. The summed E-state index contributed by atoms with van der Waals surface area (Å²) in [5, 5.41) is 6.00. The second kappa shape index (κ2) is 12.1. The zero-order valence-corrected chi connectivity index (χ0v) is 23.3. The molecule has 7 nitrogen and oxygen atoms in total. The third-order valence-corrected chi connectivity index (χ3v) is 6.13. The molecule has 2 unspecified atom stereocenters. The normalized spacial score (nSPS) is 14.3. The Kier molecular flexibility index (Phi) is 10.7. The van der Waals surface area contributed by atoms with E-state index in [0.29, 0.717) is 30.6 Å². The number of Topliss-reactive ketones (excluding diaryl/α,β-unsaturated/α-hetero) is 1. The van der Waals surface area contributed by atoms with Gasteiger partial charge in [-0.1, -0.05) is 41.5 Å². The van der Waals surface area contributed by atoms with Crippen molar-refractivity contribution >= 4 is 17.6 Å². The molecule has 0 fully saturated rings. The molecule has 0 aliphatic carbocycles. The van der Waals surface area contributed by atoms with Crippen molar-refractivity contribution in [2.75, 3.05) is 13.1 Å². The fourth-order valence-electron chi connectivity index (χ4n) is 4.74. The Hall–Kier alpha value is -2.25. The van der Waals surface area contributed by atoms with Crippen molar-refractivity contribution in [2.24, 2.45) is 22.3 Å². The second-order valence-electron chi connectivity index (χ2n) is 12.6. The fraction of sp³-hybridized carbons (Fsp3) is 0.679. The Morgan fingerprint density at radius 2 is 1.14 bits per heavy atom. The minimum atomic E-state index is -0.528. The summed E-state index contributed by atoms with van der Waals surface area (Å²) in [6.07, 6.45) is 1.84. The first-order chi connectivity index (χ1) is 15.8. The number of hydrogen-bond donors (Lipinski definition) is 4. The molecule has 7 heteroatoms. The highest BCUT2D eigenvalue weighted by atomic mass is 16.2. The van der Waals surface area contributed by atoms with Crippen LogP contribution in [0, 0.1) is 10.8 Å². The Bertz CT molecular complexity index is 845. The highest BCUT2D eigenvalue weighted by Gasteiger charge is 2.27. The van der Waals surface area contributed by atoms with E-state index in [1.165, 1.54) is 0 Å². The van der Waals surface area contributed by atoms with E-state index in [1.54, 1.807) is 25.1 Å². The van der Waals surface area contributed by atoms with Crippen LogP contribution in [0.15, 0.2) is 18.2 Å². The van der Waals surface area contributed by atoms with Crippen LogP contribution in [0.1, 0.15) is 108 Å². The quantitative estimate of drug-likeness (QED) is 0.334. The number of rotatable bonds is 13. The molecule has 1 aromatic rings. The number of nitrogens with two attached hydrogens (primary N) is 2. The zero-order chi connectivity index (χ0) is 27.2. The molecule has 0 aliphatic heterocycles. The fourth-order valence-corrected chi connectivity index (χ4v) is 4.74. The highest BCUT2D eigenvalue weighted by molar-refractivity contribution is 6.00. The van der Waals surface area contributed by atoms with Gasteiger partial charge in [-0.3, -0.25) is 14.4 Å². The molecular weight excluding hydrogens is 440 g/mol. The van der Waals surface area contributed by atoms with Gasteiger partial charge in [0.2, 0.25) is 0 Å². The van der Waals surface area contributed by atoms with Crippen molar-refractivity contribution in [3.63, 3.8) is 0 Å². The third kappa shape index (κ3) is 10.9. The molecule has 0 aliphatic rings. The number of amides is 2. The molecule has 2 atom stereocenters. The third-order valence-electron chi connectivity index (χ3n) is 6.13. The van der Waals surface area contributed by atoms with Gasteiger partial charge in [0.15, 0.2) is 0 Å². The Morgan fingerprint density at radius 1 is 0.771 bits per heavy atom. The first kappa shape index (κ1) is 30.8. The van der Waals surface area contributed by atoms with E-state index in [2.05, 4.69) is 38.3 Å². The Balaban J connectivity index is 3.25. The van der Waals surface area contributed by atoms with E-state index in [9.17, 15) is 14.4 Å². The van der Waals surface area contributed by atoms with Gasteiger partial charge in [0.1, 0.15) is 5.78 Å². The molecule has 6 N–H and O–H groups in total. The topological polar surface area (TPSA) is 127 Å². The van der Waals surface area contributed by atoms with E-state index >= 15 is 0 Å². The number of ketones is 1. The largest absolute Gasteiger partial charge is 0.352 e. The number of benzene rings is 1. The molecule has 0 spiro atoms. The molecule has 0 saturated carbocycles. The van der Waals surface area contributed by atoms with E-state index in [-0.39, 0.29) is 40.5 Å². The molecule has 0 aromatic heterocycles. The first-order valence-electron chi connectivity index (χ1n) is 12.6. The number of hydrogen-bond acceptors (Lipinski definition) is 5. The van der Waals surface area contributed by atoms with Gasteiger partial charge in [-0.15, -0.1) is 0 Å². The zero-order valence-electron chi connectivity index (χ0n) is 23.3. The second-order valence-corrected chi connectivity index (χ2v) is 12.6. The maximum atomic E-state index is 13.1. The lowest BCUT2D eigenvalue weighted by atomic mass is 9.79. The van der Waals surface area contributed by atoms with Crippen molar-refractivity contribution in [3.8, 4) is 0 Å². The average Bonchev–Trinajstić information content (AvgIpc) is 2.67. The van der Waals surface area contributed by atoms with E-state index in [0.717, 1.165) is 18.4 Å². The summed E-state index contributed by atoms with van der Waals surface area (Å²) < 4.78 is 0. The molecule has 0 saturated heterocycles. The predicted molar refractivity (Wildman–Crippen MR) is 144 cm³/mol. The van der Waals surface area contributed by atoms with Crippen molar-refractivity contribution in [1.29, 1.82) is 0 Å². The summed E-state index contributed by atoms with van der Waals surface area (Å²) >= 11 is 0. The lowest BCUT2D eigenvalue weighted by molar-refractivity contribution is -0.118. The molecule has 198 valence electrons. The minimum absolute atomic E-state index is 0.0272. The monoisotopic (exact) mass is 488 g/mol. The van der Waals surface area contributed by atoms with Gasteiger partial charge in [0, 0.05) is 42.7 Å². The summed E-state index contributed by atoms with van der Waals surface area (Å²) in [6.45, 7) is 18.5. The molecule has 0 radical (unpaired) electrons. The maximum absolute atomic E-state index is 13.1. The number of nitrogens with one attached hydrogen (secondary N) is 2. The van der Waals surface area contributed by atoms with Gasteiger partial charge in [0.25, 0.3) is 11.8 Å². The van der Waals surface area contributed by atoms with Gasteiger partial charge in [-0.05, 0) is 73.6 Å². The van der Waals surface area contributed by atoms with Gasteiger partial charge < -0.3 is 22.1 Å². The van der Waals surface area contributed by atoms with Gasteiger partial charge in [0.05, 0.1) is 0 Å². The Labute approximate surface area is 212 Å². The van der Waals surface area contributed by atoms with Crippen LogP contribution in [0.5, 0.6) is 0 Å². The van der Waals surface area contributed by atoms with Crippen molar-refractivity contribution in [1.82, 2.24) is 10.6 Å². The summed E-state index contributed by atoms with van der Waals surface area (Å²) in [4.78, 5) is 38.2. The van der Waals surface area contributed by atoms with Crippen molar-refractivity contribution in [2.45, 2.75) is 99.1 Å². The number of carbonyl (C=O) groups excluding carboxylic acids is 3. The van der Waals surface area contributed by atoms with Crippen LogP contribution in [-0.2, 0) is 10.2 Å². The van der Waals surface area contributed by atoms with E-state index < -0.39 is 5.41 Å². The molecule has 0 heterocycles. The van der Waals surface area contributed by atoms with Gasteiger partial charge in [-0.2, -0.15) is 0 Å². The summed E-state index contributed by atoms with van der Waals surface area (Å²) in [7, 11) is 0. The Morgan fingerprint density at radius 3 is 1.46 bits per heavy atom. The van der Waals surface area contributed by atoms with E-state index in [1.807, 2.05) is 27.7 Å². The summed E-state index contributed by atoms with van der Waals surface area (Å²) in [5.41, 5.74) is 12.6. The van der Waals surface area contributed by atoms with Crippen LogP contribution in [0.2, 0.25) is 0 Å². The summed E-state index contributed by atoms with van der Waals surface area (Å²) in [6, 6.07) is 5.25. The highest BCUT2D eigenvalue weighted by Crippen LogP contribution is 2.30. The average molecular weight is 489 g/mol. The van der Waals surface area contributed by atoms with Crippen molar-refractivity contribution in [3.05, 3.63) is 34.9 Å². The lowest BCUT2D eigenvalue weighted by Crippen LogP contribution is -2.38. The first-order valence-corrected chi connectivity index (χ1v) is 12.6. The van der Waals surface area contributed by atoms with E-state index in [4.69, 9.17) is 11.5 Å². The molecule has 1 rings (SSSR count). The molecule has 35 heavy (non-hydrogen) atoms. The molecule has 2 amide bonds. The molecular formula is C28H48N4O3. The minimum Gasteiger partial charge on any atom is -0.352 e. The summed E-state index contributed by atoms with van der Waals surface area (Å²) in [5.74, 6) is -0.463. The maximum Gasteiger partial charge on any atom is 0.251 e. The van der Waals surface area contributed by atoms with Crippen LogP contribution in [0.3, 0.4) is 0 Å². The van der Waals surface area contributed by atoms with Crippen LogP contribution in [0.4, 0.5) is 0 Å². The number of carbonyl (C=O) groups is 3.